The summed E-state index contributed by atoms with van der Waals surface area (Å²) >= 11 is 0. The number of hydrogen-bond acceptors (Lipinski definition) is 28. The summed E-state index contributed by atoms with van der Waals surface area (Å²) < 4.78 is 292. The van der Waals surface area contributed by atoms with Crippen molar-refractivity contribution in [2.75, 3.05) is 91.8 Å². The zero-order valence-corrected chi connectivity index (χ0v) is 48.6. The average molecular weight is 1370 g/mol. The Bertz CT molecular complexity index is 4170. The zero-order valence-electron chi connectivity index (χ0n) is 76.6. The van der Waals surface area contributed by atoms with Gasteiger partial charge in [0.1, 0.15) is 91.8 Å². The molecule has 0 unspecified atom stereocenters. The fourth-order valence-electron chi connectivity index (χ4n) is 6.96. The molecule has 0 spiro atoms. The summed E-state index contributed by atoms with van der Waals surface area (Å²) in [6.45, 7) is -54.6. The first kappa shape index (κ1) is 41.7. The van der Waals surface area contributed by atoms with E-state index in [-0.39, 0.29) is 0 Å². The third kappa shape index (κ3) is 21.3. The number of fused-ring (bicyclic) bond motifs is 7. The summed E-state index contributed by atoms with van der Waals surface area (Å²) in [4.78, 5) is 183. The van der Waals surface area contributed by atoms with Crippen LogP contribution < -0.4 is 0 Å². The highest BCUT2D eigenvalue weighted by atomic mass is 16.6. The maximum Gasteiger partial charge on any atom is 0.338 e. The summed E-state index contributed by atoms with van der Waals surface area (Å²) in [6, 6.07) is 19.8. The lowest BCUT2D eigenvalue weighted by Gasteiger charge is -2.09. The van der Waals surface area contributed by atoms with E-state index in [0.29, 0.717) is 170 Å². The van der Waals surface area contributed by atoms with E-state index in [1.165, 1.54) is 0 Å². The van der Waals surface area contributed by atoms with Crippen molar-refractivity contribution in [2.45, 2.75) is 0 Å². The molecule has 15 rings (SSSR count). The van der Waals surface area contributed by atoms with Crippen molar-refractivity contribution < 1.29 is 172 Å². The number of ether oxygens (including phenoxy) is 14. The standard InChI is InChI=1S/C70H56O28/c71-57-43-1-2-44(4-3-43)58(72)86-31-32-88-60(74)46-9-11-48(12-10-46)62(76)90-35-36-92-64(78)50-17-19-52(20-18-50)66(80)94-39-40-96-68(82)54-25-27-56(28-26-54)70(84)98-42-41-97-69(83)55-23-21-53(22-24-55)67(81)95-38-37-93-65(79)51-15-13-49(14-16-51)63(77)91-34-33-89-61(75)47-7-5-45(6-8-47)59(73)87-30-29-85-57/h1-28H,29-42H2/i29D2,30D2,31D2,32D2,33D2,34D2,35D2,36D2,37D2,38D2,39D2,40D2,41D2,42D2. The molecule has 0 radical (unpaired) electrons. The van der Waals surface area contributed by atoms with Gasteiger partial charge in [-0.3, -0.25) is 0 Å². The first-order valence-corrected chi connectivity index (χ1v) is 26.6. The van der Waals surface area contributed by atoms with Crippen LogP contribution in [0.3, 0.4) is 0 Å². The first-order chi connectivity index (χ1) is 57.6. The molecule has 0 fully saturated rings. The molecule has 28 heteroatoms. The van der Waals surface area contributed by atoms with Crippen LogP contribution in [-0.4, -0.2) is 175 Å². The molecule has 0 aliphatic carbocycles. The van der Waals surface area contributed by atoms with Gasteiger partial charge in [0.05, 0.1) is 116 Å². The van der Waals surface area contributed by atoms with Crippen LogP contribution in [0, 0.1) is 0 Å². The van der Waals surface area contributed by atoms with Gasteiger partial charge in [-0.25, -0.2) is 67.1 Å². The first-order valence-electron chi connectivity index (χ1n) is 40.6. The van der Waals surface area contributed by atoms with Gasteiger partial charge >= 0.3 is 83.6 Å². The molecule has 8 aliphatic rings. The fraction of sp³-hybridized carbons (Fsp3) is 0.200. The van der Waals surface area contributed by atoms with Crippen LogP contribution in [-0.2, 0) is 66.3 Å². The van der Waals surface area contributed by atoms with Crippen LogP contribution in [0.25, 0.3) is 0 Å². The Morgan fingerprint density at radius 3 is 0.235 bits per heavy atom. The van der Waals surface area contributed by atoms with Crippen molar-refractivity contribution >= 4 is 83.6 Å². The van der Waals surface area contributed by atoms with Gasteiger partial charge in [0.15, 0.2) is 0 Å². The van der Waals surface area contributed by atoms with E-state index in [0.717, 1.165) is 0 Å². The monoisotopic (exact) mass is 1370 g/mol. The molecule has 0 N–H and O–H groups in total. The molecule has 0 saturated carbocycles. The van der Waals surface area contributed by atoms with Gasteiger partial charge in [0, 0.05) is 0 Å². The van der Waals surface area contributed by atoms with Crippen LogP contribution in [0.5, 0.6) is 0 Å². The second-order valence-corrected chi connectivity index (χ2v) is 17.9. The Hall–Kier alpha value is -12.9. The Kier molecular flexibility index (Phi) is 15.3. The van der Waals surface area contributed by atoms with Crippen LogP contribution >= 0.6 is 0 Å². The maximum atomic E-state index is 13.1. The number of carbonyl (C=O) groups is 14. The highest BCUT2D eigenvalue weighted by Gasteiger charge is 2.20. The molecule has 8 aliphatic heterocycles. The molecule has 0 aromatic heterocycles. The number of rotatable bonds is 0. The van der Waals surface area contributed by atoms with Gasteiger partial charge < -0.3 is 66.3 Å². The molecule has 504 valence electrons. The van der Waals surface area contributed by atoms with E-state index in [2.05, 4.69) is 66.3 Å². The van der Waals surface area contributed by atoms with Crippen molar-refractivity contribution in [1.82, 2.24) is 0 Å². The number of benzene rings is 7. The predicted molar refractivity (Wildman–Crippen MR) is 329 cm³/mol. The van der Waals surface area contributed by atoms with Crippen molar-refractivity contribution in [2.24, 2.45) is 0 Å². The topological polar surface area (TPSA) is 368 Å². The van der Waals surface area contributed by atoms with Crippen LogP contribution in [0.2, 0.25) is 0 Å². The summed E-state index contributed by atoms with van der Waals surface area (Å²) in [6.07, 6.45) is 0. The highest BCUT2D eigenvalue weighted by molar-refractivity contribution is 5.98. The lowest BCUT2D eigenvalue weighted by molar-refractivity contribution is 0.0260. The van der Waals surface area contributed by atoms with Crippen molar-refractivity contribution in [3.05, 3.63) is 248 Å². The molecule has 98 heavy (non-hydrogen) atoms. The third-order valence-electron chi connectivity index (χ3n) is 11.8. The summed E-state index contributed by atoms with van der Waals surface area (Å²) in [7, 11) is 0. The van der Waals surface area contributed by atoms with Gasteiger partial charge in [0.25, 0.3) is 0 Å². The number of carbonyl (C=O) groups excluding carboxylic acids is 14. The smallest absolute Gasteiger partial charge is 0.338 e. The SMILES string of the molecule is [2H]C1([2H])OC(=O)c2ccc(cc2)C(=O)OC([2H])([2H])C([2H])([2H])OC(=O)c2ccc(cc2)C(=O)OC([2H])([2H])C([2H])([2H])OC(=O)c2ccc(cc2)C(=O)OC([2H])([2H])C([2H])([2H])OC(=O)c2ccc(cc2)C(=O)OC([2H])([2H])C([2H])([2H])OC(=O)c2ccc(cc2)C(=O)OC([2H])([2H])C([2H])([2H])OC(=O)c2ccc(cc2)C(=O)OC([2H])([2H])C([2H])([2H])OC(=O)c2ccc(cc2)C(=O)OC1([2H])[2H]. The normalized spacial score (nSPS) is 27.4. The van der Waals surface area contributed by atoms with Gasteiger partial charge in [0.2, 0.25) is 0 Å². The molecule has 14 bridgehead atoms. The lowest BCUT2D eigenvalue weighted by atomic mass is 10.1. The summed E-state index contributed by atoms with van der Waals surface area (Å²) in [5.41, 5.74) is -9.53. The van der Waals surface area contributed by atoms with Crippen LogP contribution in [0.1, 0.15) is 183 Å². The zero-order chi connectivity index (χ0) is 94.9. The van der Waals surface area contributed by atoms with Crippen LogP contribution in [0.15, 0.2) is 170 Å². The van der Waals surface area contributed by atoms with E-state index in [1.807, 2.05) is 0 Å². The molecule has 7 aromatic rings. The molecule has 28 nitrogen and oxygen atoms in total. The average Bonchev–Trinajstić information content (AvgIpc) is 0.805. The Morgan fingerprint density at radius 1 is 0.133 bits per heavy atom. The lowest BCUT2D eigenvalue weighted by Crippen LogP contribution is -2.16. The second kappa shape index (κ2) is 36.0. The molecule has 0 saturated heterocycles. The quantitative estimate of drug-likeness (QED) is 0.108. The highest BCUT2D eigenvalue weighted by Crippen LogP contribution is 2.16. The van der Waals surface area contributed by atoms with Gasteiger partial charge in [-0.2, -0.15) is 0 Å². The second-order valence-electron chi connectivity index (χ2n) is 17.9. The van der Waals surface area contributed by atoms with Gasteiger partial charge in [-0.1, -0.05) is 0 Å². The summed E-state index contributed by atoms with van der Waals surface area (Å²) in [5, 5.41) is 0. The molecular formula is C70H56O28. The maximum absolute atomic E-state index is 13.1. The Balaban J connectivity index is 0.966. The Morgan fingerprint density at radius 2 is 0.184 bits per heavy atom. The molecule has 0 amide bonds. The van der Waals surface area contributed by atoms with Crippen molar-refractivity contribution in [1.29, 1.82) is 0 Å². The number of esters is 14. The largest absolute Gasteiger partial charge is 0.458 e. The van der Waals surface area contributed by atoms with E-state index < -0.39 is 253 Å². The van der Waals surface area contributed by atoms with E-state index in [9.17, 15) is 67.1 Å². The molecular weight excluding hydrogens is 1290 g/mol. The van der Waals surface area contributed by atoms with Crippen molar-refractivity contribution in [3.63, 3.8) is 0 Å². The van der Waals surface area contributed by atoms with E-state index in [1.54, 1.807) is 0 Å². The molecule has 8 heterocycles. The van der Waals surface area contributed by atoms with E-state index in [4.69, 9.17) is 38.4 Å². The minimum absolute atomic E-state index is 0.680. The minimum Gasteiger partial charge on any atom is -0.458 e. The molecule has 0 atom stereocenters. The third-order valence-corrected chi connectivity index (χ3v) is 11.8. The predicted octanol–water partition coefficient (Wildman–Crippen LogP) is 7.10. The Labute approximate surface area is 594 Å². The van der Waals surface area contributed by atoms with Crippen molar-refractivity contribution in [3.8, 4) is 0 Å². The van der Waals surface area contributed by atoms with E-state index >= 15 is 0 Å². The van der Waals surface area contributed by atoms with Gasteiger partial charge in [-0.15, -0.1) is 0 Å². The minimum atomic E-state index is -3.90. The number of hydrogen-bond donors (Lipinski definition) is 0. The van der Waals surface area contributed by atoms with Gasteiger partial charge in [-0.05, 0) is 170 Å². The van der Waals surface area contributed by atoms with Crippen LogP contribution in [0.4, 0.5) is 0 Å². The summed E-state index contributed by atoms with van der Waals surface area (Å²) in [5.74, 6) is -24.0. The molecule has 7 aromatic carbocycles. The fourth-order valence-corrected chi connectivity index (χ4v) is 6.96.